The predicted molar refractivity (Wildman–Crippen MR) is 22.7 cm³/mol. The third-order valence-electron chi connectivity index (χ3n) is 0.500. The van der Waals surface area contributed by atoms with Crippen LogP contribution in [0.3, 0.4) is 0 Å². The molecule has 0 aliphatic heterocycles. The van der Waals surface area contributed by atoms with Crippen molar-refractivity contribution in [1.82, 2.24) is 0 Å². The lowest BCUT2D eigenvalue weighted by molar-refractivity contribution is 0.886. The monoisotopic (exact) mass is 60.1 g/mol. The smallest absolute Gasteiger partial charge is 0 e. The van der Waals surface area contributed by atoms with Gasteiger partial charge in [0.05, 0.1) is 0 Å². The third kappa shape index (κ3) is 2.00. The molecule has 0 aromatic rings. The van der Waals surface area contributed by atoms with Crippen LogP contribution in [0.15, 0.2) is 0 Å². The molecule has 0 aliphatic rings. The van der Waals surface area contributed by atoms with Crippen LogP contribution in [0.2, 0.25) is 0 Å². The second-order valence-electron chi connectivity index (χ2n) is 1.000. The Balaban J connectivity index is 0. The molecule has 0 saturated heterocycles. The lowest BCUT2D eigenvalue weighted by Gasteiger charge is -1.68. The highest BCUT2D eigenvalue weighted by atomic mass is 13.6. The fourth-order valence-electron chi connectivity index (χ4n) is 0. The Morgan fingerprint density at radius 3 is 1.50 bits per heavy atom. The standard InChI is InChI=1S/C4H10.H2/c1-3-4-2;/h3-4H2,1-2H3;1H. The summed E-state index contributed by atoms with van der Waals surface area (Å²) in [4.78, 5) is 0. The fourth-order valence-corrected chi connectivity index (χ4v) is 0. The summed E-state index contributed by atoms with van der Waals surface area (Å²) in [6.07, 6.45) is 2.64. The maximum Gasteiger partial charge on any atom is 0 e. The second kappa shape index (κ2) is 3.00. The van der Waals surface area contributed by atoms with E-state index in [1.807, 2.05) is 0 Å². The maximum absolute atomic E-state index is 2.18. The van der Waals surface area contributed by atoms with Crippen molar-refractivity contribution in [2.45, 2.75) is 26.7 Å². The van der Waals surface area contributed by atoms with Crippen LogP contribution in [0, 0.1) is 0 Å². The molecular formula is C4H12. The van der Waals surface area contributed by atoms with E-state index in [-0.39, 0.29) is 1.43 Å². The lowest BCUT2D eigenvalue weighted by atomic mass is 10.4. The fraction of sp³-hybridized carbons (Fsp3) is 1.00. The average Bonchev–Trinajstić information content (AvgIpc) is 1.37. The molecule has 0 rings (SSSR count). The first-order valence-electron chi connectivity index (χ1n) is 1.91. The van der Waals surface area contributed by atoms with Crippen molar-refractivity contribution < 1.29 is 1.43 Å². The van der Waals surface area contributed by atoms with Crippen molar-refractivity contribution in [3.8, 4) is 0 Å². The zero-order chi connectivity index (χ0) is 3.41. The molecule has 4 heavy (non-hydrogen) atoms. The number of hydrogen-bond acceptors (Lipinski definition) is 0. The lowest BCUT2D eigenvalue weighted by Crippen LogP contribution is -1.47. The Kier molecular flexibility index (Phi) is 3.00. The van der Waals surface area contributed by atoms with Crippen molar-refractivity contribution >= 4 is 0 Å². The first-order valence-corrected chi connectivity index (χ1v) is 1.91. The summed E-state index contributed by atoms with van der Waals surface area (Å²) in [6.45, 7) is 4.36. The molecule has 0 nitrogen and oxygen atoms in total. The largest absolute Gasteiger partial charge is 0.0654 e. The van der Waals surface area contributed by atoms with Gasteiger partial charge in [0.1, 0.15) is 0 Å². The molecule has 0 saturated carbocycles. The van der Waals surface area contributed by atoms with Gasteiger partial charge in [0, 0.05) is 1.43 Å². The molecule has 0 atom stereocenters. The van der Waals surface area contributed by atoms with Gasteiger partial charge < -0.3 is 0 Å². The van der Waals surface area contributed by atoms with E-state index in [1.165, 1.54) is 12.8 Å². The molecule has 0 aliphatic carbocycles. The third-order valence-corrected chi connectivity index (χ3v) is 0.500. The minimum atomic E-state index is 0. The van der Waals surface area contributed by atoms with Gasteiger partial charge in [0.25, 0.3) is 0 Å². The van der Waals surface area contributed by atoms with Crippen LogP contribution in [0.25, 0.3) is 0 Å². The van der Waals surface area contributed by atoms with Gasteiger partial charge in [0.15, 0.2) is 0 Å². The Hall–Kier alpha value is 0. The molecule has 0 amide bonds. The first-order chi connectivity index (χ1) is 1.91. The Morgan fingerprint density at radius 1 is 1.25 bits per heavy atom. The van der Waals surface area contributed by atoms with Gasteiger partial charge in [0.2, 0.25) is 0 Å². The maximum atomic E-state index is 2.18. The molecule has 0 bridgehead atoms. The van der Waals surface area contributed by atoms with Gasteiger partial charge in [-0.25, -0.2) is 0 Å². The molecule has 0 aromatic heterocycles. The number of rotatable bonds is 1. The van der Waals surface area contributed by atoms with E-state index < -0.39 is 0 Å². The summed E-state index contributed by atoms with van der Waals surface area (Å²) in [7, 11) is 0. The van der Waals surface area contributed by atoms with Crippen molar-refractivity contribution in [1.29, 1.82) is 0 Å². The molecule has 0 aromatic carbocycles. The Morgan fingerprint density at radius 2 is 1.50 bits per heavy atom. The van der Waals surface area contributed by atoms with Crippen LogP contribution >= 0.6 is 0 Å². The van der Waals surface area contributed by atoms with Gasteiger partial charge in [-0.15, -0.1) is 0 Å². The molecule has 0 heteroatoms. The number of hydrogen-bond donors (Lipinski definition) is 0. The highest BCUT2D eigenvalue weighted by molar-refractivity contribution is 4.12. The van der Waals surface area contributed by atoms with Crippen LogP contribution in [0.5, 0.6) is 0 Å². The van der Waals surface area contributed by atoms with Crippen LogP contribution < -0.4 is 0 Å². The molecule has 0 spiro atoms. The normalized spacial score (nSPS) is 7.50. The van der Waals surface area contributed by atoms with Gasteiger partial charge in [-0.05, 0) is 0 Å². The van der Waals surface area contributed by atoms with Crippen LogP contribution in [-0.2, 0) is 0 Å². The van der Waals surface area contributed by atoms with E-state index in [4.69, 9.17) is 0 Å². The van der Waals surface area contributed by atoms with Crippen LogP contribution in [0.1, 0.15) is 28.1 Å². The van der Waals surface area contributed by atoms with Crippen LogP contribution in [0.4, 0.5) is 0 Å². The summed E-state index contributed by atoms with van der Waals surface area (Å²) in [6, 6.07) is 0. The van der Waals surface area contributed by atoms with E-state index >= 15 is 0 Å². The molecule has 0 radical (unpaired) electrons. The van der Waals surface area contributed by atoms with Crippen molar-refractivity contribution in [3.63, 3.8) is 0 Å². The first kappa shape index (κ1) is 4.00. The van der Waals surface area contributed by atoms with E-state index in [1.54, 1.807) is 0 Å². The van der Waals surface area contributed by atoms with Crippen molar-refractivity contribution in [2.75, 3.05) is 0 Å². The summed E-state index contributed by atoms with van der Waals surface area (Å²) in [5, 5.41) is 0. The molecule has 0 heterocycles. The van der Waals surface area contributed by atoms with Crippen molar-refractivity contribution in [3.05, 3.63) is 0 Å². The highest BCUT2D eigenvalue weighted by Crippen LogP contribution is 1.76. The van der Waals surface area contributed by atoms with Crippen molar-refractivity contribution in [2.24, 2.45) is 0 Å². The predicted octanol–water partition coefficient (Wildman–Crippen LogP) is 2.05. The molecule has 0 unspecified atom stereocenters. The van der Waals surface area contributed by atoms with Gasteiger partial charge in [-0.1, -0.05) is 26.7 Å². The van der Waals surface area contributed by atoms with E-state index in [2.05, 4.69) is 13.8 Å². The van der Waals surface area contributed by atoms with E-state index in [0.29, 0.717) is 0 Å². The SMILES string of the molecule is CCCC.[HH]. The summed E-state index contributed by atoms with van der Waals surface area (Å²) < 4.78 is 0. The Labute approximate surface area is 29.3 Å². The molecule has 0 N–H and O–H groups in total. The highest BCUT2D eigenvalue weighted by Gasteiger charge is 1.56. The second-order valence-corrected chi connectivity index (χ2v) is 1.000. The zero-order valence-electron chi connectivity index (χ0n) is 3.41. The van der Waals surface area contributed by atoms with E-state index in [9.17, 15) is 0 Å². The minimum absolute atomic E-state index is 0. The molecular weight excluding hydrogens is 48.0 g/mol. The van der Waals surface area contributed by atoms with Gasteiger partial charge in [-0.2, -0.15) is 0 Å². The Bertz CT molecular complexity index is 5.61. The molecule has 0 fully saturated rings. The minimum Gasteiger partial charge on any atom is -0.0654 e. The topological polar surface area (TPSA) is 0 Å². The van der Waals surface area contributed by atoms with E-state index in [0.717, 1.165) is 0 Å². The summed E-state index contributed by atoms with van der Waals surface area (Å²) in [5.74, 6) is 0. The quantitative estimate of drug-likeness (QED) is 0.434. The molecule has 28 valence electrons. The average molecular weight is 60.1 g/mol. The summed E-state index contributed by atoms with van der Waals surface area (Å²) >= 11 is 0. The zero-order valence-corrected chi connectivity index (χ0v) is 3.41. The number of unbranched alkanes of at least 4 members (excludes halogenated alkanes) is 1. The summed E-state index contributed by atoms with van der Waals surface area (Å²) in [5.41, 5.74) is 0. The van der Waals surface area contributed by atoms with Gasteiger partial charge in [-0.3, -0.25) is 0 Å². The van der Waals surface area contributed by atoms with Crippen LogP contribution in [-0.4, -0.2) is 0 Å². The van der Waals surface area contributed by atoms with Gasteiger partial charge >= 0.3 is 0 Å².